The average molecular weight is 403 g/mol. The largest absolute Gasteiger partial charge is 0.449 e. The van der Waals surface area contributed by atoms with E-state index in [1.165, 1.54) is 17.2 Å². The van der Waals surface area contributed by atoms with Crippen LogP contribution in [0.15, 0.2) is 17.1 Å². The van der Waals surface area contributed by atoms with Crippen LogP contribution in [-0.2, 0) is 20.9 Å². The van der Waals surface area contributed by atoms with Gasteiger partial charge in [-0.05, 0) is 12.3 Å². The summed E-state index contributed by atoms with van der Waals surface area (Å²) < 4.78 is 6.03. The summed E-state index contributed by atoms with van der Waals surface area (Å²) >= 11 is 0. The Hall–Kier alpha value is -2.21. The molecule has 0 aliphatic rings. The first-order valence-corrected chi connectivity index (χ1v) is 10.3. The highest BCUT2D eigenvalue weighted by molar-refractivity contribution is 8.76. The van der Waals surface area contributed by atoms with Gasteiger partial charge in [-0.3, -0.25) is 9.36 Å². The summed E-state index contributed by atoms with van der Waals surface area (Å²) in [7, 11) is 3.15. The number of aromatic nitrogens is 2. The van der Waals surface area contributed by atoms with Crippen LogP contribution in [0.4, 0.5) is 10.6 Å². The quantitative estimate of drug-likeness (QED) is 0.287. The second kappa shape index (κ2) is 12.2. The van der Waals surface area contributed by atoms with E-state index in [1.807, 2.05) is 6.26 Å². The van der Waals surface area contributed by atoms with Crippen molar-refractivity contribution in [2.24, 2.45) is 0 Å². The van der Waals surface area contributed by atoms with Gasteiger partial charge in [0.05, 0.1) is 6.54 Å². The minimum Gasteiger partial charge on any atom is -0.449 e. The number of rotatable bonds is 11. The van der Waals surface area contributed by atoms with E-state index < -0.39 is 17.7 Å². The molecule has 0 aliphatic carbocycles. The predicted octanol–water partition coefficient (Wildman–Crippen LogP) is -0.410. The Labute approximate surface area is 158 Å². The third kappa shape index (κ3) is 8.25. The molecule has 0 saturated heterocycles. The lowest BCUT2D eigenvalue weighted by atomic mass is 10.4. The van der Waals surface area contributed by atoms with Crippen molar-refractivity contribution in [1.82, 2.24) is 19.8 Å². The summed E-state index contributed by atoms with van der Waals surface area (Å²) in [6.45, 7) is 0.0567. The van der Waals surface area contributed by atoms with Crippen molar-refractivity contribution >= 4 is 45.7 Å². The number of nitrogen functional groups attached to an aromatic ring is 1. The predicted molar refractivity (Wildman–Crippen MR) is 101 cm³/mol. The molecule has 3 N–H and O–H groups in total. The van der Waals surface area contributed by atoms with Gasteiger partial charge >= 0.3 is 11.8 Å². The maximum Gasteiger partial charge on any atom is 0.407 e. The number of amides is 2. The Morgan fingerprint density at radius 2 is 2.27 bits per heavy atom. The smallest absolute Gasteiger partial charge is 0.407 e. The number of carbonyl (C=O) groups excluding carboxylic acids is 3. The maximum absolute atomic E-state index is 12.3. The molecule has 144 valence electrons. The lowest BCUT2D eigenvalue weighted by Crippen LogP contribution is -2.42. The number of ether oxygens (including phenoxy) is 1. The number of aldehydes is 1. The van der Waals surface area contributed by atoms with Crippen molar-refractivity contribution in [3.8, 4) is 0 Å². The molecule has 0 radical (unpaired) electrons. The van der Waals surface area contributed by atoms with Gasteiger partial charge in [0, 0.05) is 25.0 Å². The van der Waals surface area contributed by atoms with Gasteiger partial charge in [-0.25, -0.2) is 9.59 Å². The molecule has 10 nitrogen and oxygen atoms in total. The Morgan fingerprint density at radius 3 is 2.92 bits per heavy atom. The summed E-state index contributed by atoms with van der Waals surface area (Å²) in [5.74, 6) is 0.272. The van der Waals surface area contributed by atoms with E-state index in [0.717, 1.165) is 4.57 Å². The van der Waals surface area contributed by atoms with Crippen LogP contribution in [0.1, 0.15) is 0 Å². The SMILES string of the molecule is CSSCCOC(=O)NCCN(CC=O)C(=O)Cn1ccc(N)nc1=O. The van der Waals surface area contributed by atoms with Crippen molar-refractivity contribution in [2.45, 2.75) is 6.54 Å². The Bertz CT molecular complexity index is 669. The number of alkyl carbamates (subject to hydrolysis) is 1. The van der Waals surface area contributed by atoms with Crippen molar-refractivity contribution in [3.05, 3.63) is 22.7 Å². The molecular weight excluding hydrogens is 382 g/mol. The van der Waals surface area contributed by atoms with Crippen LogP contribution in [-0.4, -0.2) is 71.0 Å². The summed E-state index contributed by atoms with van der Waals surface area (Å²) in [4.78, 5) is 50.9. The molecule has 1 aromatic rings. The van der Waals surface area contributed by atoms with Crippen LogP contribution >= 0.6 is 21.6 Å². The first kappa shape index (κ1) is 21.8. The minimum absolute atomic E-state index is 0.0575. The fourth-order valence-electron chi connectivity index (χ4n) is 1.81. The zero-order chi connectivity index (χ0) is 19.4. The van der Waals surface area contributed by atoms with Gasteiger partial charge in [-0.1, -0.05) is 21.6 Å². The lowest BCUT2D eigenvalue weighted by Gasteiger charge is -2.20. The molecule has 0 saturated carbocycles. The molecule has 0 bridgehead atoms. The number of hydrogen-bond acceptors (Lipinski definition) is 9. The molecule has 26 heavy (non-hydrogen) atoms. The number of hydrogen-bond donors (Lipinski definition) is 2. The molecule has 0 aliphatic heterocycles. The first-order valence-electron chi connectivity index (χ1n) is 7.58. The molecule has 1 aromatic heterocycles. The van der Waals surface area contributed by atoms with Gasteiger partial charge in [-0.2, -0.15) is 4.98 Å². The van der Waals surface area contributed by atoms with E-state index >= 15 is 0 Å². The zero-order valence-electron chi connectivity index (χ0n) is 14.3. The summed E-state index contributed by atoms with van der Waals surface area (Å²) in [5.41, 5.74) is 4.73. The highest BCUT2D eigenvalue weighted by Crippen LogP contribution is 2.15. The molecule has 0 fully saturated rings. The number of anilines is 1. The zero-order valence-corrected chi connectivity index (χ0v) is 15.9. The molecule has 0 unspecified atom stereocenters. The monoisotopic (exact) mass is 403 g/mol. The van der Waals surface area contributed by atoms with Crippen LogP contribution < -0.4 is 16.7 Å². The first-order chi connectivity index (χ1) is 12.5. The number of carbonyl (C=O) groups is 3. The van der Waals surface area contributed by atoms with E-state index in [4.69, 9.17) is 10.5 Å². The van der Waals surface area contributed by atoms with E-state index in [2.05, 4.69) is 10.3 Å². The molecule has 1 rings (SSSR count). The summed E-state index contributed by atoms with van der Waals surface area (Å²) in [6.07, 6.45) is 3.26. The molecule has 1 heterocycles. The number of nitrogens with two attached hydrogens (primary N) is 1. The fourth-order valence-corrected chi connectivity index (χ4v) is 2.83. The molecule has 0 aromatic carbocycles. The van der Waals surface area contributed by atoms with Gasteiger partial charge in [0.2, 0.25) is 5.91 Å². The van der Waals surface area contributed by atoms with Crippen molar-refractivity contribution in [2.75, 3.05) is 44.0 Å². The fraction of sp³-hybridized carbons (Fsp3) is 0.500. The Kier molecular flexibility index (Phi) is 10.2. The van der Waals surface area contributed by atoms with Gasteiger partial charge in [0.1, 0.15) is 25.3 Å². The average Bonchev–Trinajstić information content (AvgIpc) is 2.60. The Balaban J connectivity index is 2.46. The molecule has 2 amide bonds. The highest BCUT2D eigenvalue weighted by atomic mass is 33.1. The minimum atomic E-state index is -0.658. The van der Waals surface area contributed by atoms with E-state index in [9.17, 15) is 19.2 Å². The van der Waals surface area contributed by atoms with Gasteiger partial charge < -0.3 is 25.5 Å². The van der Waals surface area contributed by atoms with Gasteiger partial charge in [0.15, 0.2) is 0 Å². The summed E-state index contributed by atoms with van der Waals surface area (Å²) in [5, 5.41) is 2.50. The summed E-state index contributed by atoms with van der Waals surface area (Å²) in [6, 6.07) is 1.39. The highest BCUT2D eigenvalue weighted by Gasteiger charge is 2.15. The normalized spacial score (nSPS) is 10.2. The van der Waals surface area contributed by atoms with Crippen LogP contribution in [0.25, 0.3) is 0 Å². The van der Waals surface area contributed by atoms with Gasteiger partial charge in [0.25, 0.3) is 0 Å². The van der Waals surface area contributed by atoms with Crippen molar-refractivity contribution in [1.29, 1.82) is 0 Å². The topological polar surface area (TPSA) is 137 Å². The van der Waals surface area contributed by atoms with Crippen molar-refractivity contribution in [3.63, 3.8) is 0 Å². The van der Waals surface area contributed by atoms with Crippen LogP contribution in [0.5, 0.6) is 0 Å². The maximum atomic E-state index is 12.3. The molecular formula is C14H21N5O5S2. The van der Waals surface area contributed by atoms with Crippen LogP contribution in [0, 0.1) is 0 Å². The third-order valence-electron chi connectivity index (χ3n) is 3.02. The van der Waals surface area contributed by atoms with Crippen LogP contribution in [0.3, 0.4) is 0 Å². The third-order valence-corrected chi connectivity index (χ3v) is 4.79. The Morgan fingerprint density at radius 1 is 1.50 bits per heavy atom. The van der Waals surface area contributed by atoms with Crippen molar-refractivity contribution < 1.29 is 19.1 Å². The molecule has 0 spiro atoms. The van der Waals surface area contributed by atoms with Gasteiger partial charge in [-0.15, -0.1) is 0 Å². The number of nitrogens with one attached hydrogen (secondary N) is 1. The second-order valence-electron chi connectivity index (χ2n) is 4.82. The molecule has 0 atom stereocenters. The standard InChI is InChI=1S/C14H21N5O5S2/c1-25-26-9-8-24-14(23)16-3-5-18(6-7-20)12(21)10-19-4-2-11(15)17-13(19)22/h2,4,7H,3,5-6,8-10H2,1H3,(H,16,23)(H2,15,17,22). The van der Waals surface area contributed by atoms with E-state index in [1.54, 1.807) is 21.6 Å². The van der Waals surface area contributed by atoms with E-state index in [-0.39, 0.29) is 38.6 Å². The second-order valence-corrected chi connectivity index (χ2v) is 7.51. The molecule has 12 heteroatoms. The number of nitrogens with zero attached hydrogens (tertiary/aromatic N) is 3. The lowest BCUT2D eigenvalue weighted by molar-refractivity contribution is -0.133. The van der Waals surface area contributed by atoms with E-state index in [0.29, 0.717) is 12.0 Å². The van der Waals surface area contributed by atoms with Crippen LogP contribution in [0.2, 0.25) is 0 Å².